The van der Waals surface area contributed by atoms with Gasteiger partial charge in [0.2, 0.25) is 0 Å². The van der Waals surface area contributed by atoms with Gasteiger partial charge in [0, 0.05) is 12.0 Å². The van der Waals surface area contributed by atoms with Crippen LogP contribution in [0.4, 0.5) is 8.78 Å². The molecule has 0 saturated heterocycles. The lowest BCUT2D eigenvalue weighted by Gasteiger charge is -2.18. The maximum atomic E-state index is 13.9. The Bertz CT molecular complexity index is 334. The molecule has 14 heavy (non-hydrogen) atoms. The quantitative estimate of drug-likeness (QED) is 0.791. The van der Waals surface area contributed by atoms with Crippen molar-refractivity contribution < 1.29 is 8.78 Å². The molecule has 1 fully saturated rings. The third-order valence-corrected chi connectivity index (χ3v) is 2.98. The van der Waals surface area contributed by atoms with Gasteiger partial charge in [0.1, 0.15) is 12.0 Å². The molecular weight excluding hydrogens is 184 g/mol. The van der Waals surface area contributed by atoms with E-state index in [0.717, 1.165) is 12.8 Å². The van der Waals surface area contributed by atoms with Gasteiger partial charge in [-0.15, -0.1) is 0 Å². The fourth-order valence-electron chi connectivity index (χ4n) is 1.74. The summed E-state index contributed by atoms with van der Waals surface area (Å²) < 4.78 is 26.8. The monoisotopic (exact) mass is 197 g/mol. The van der Waals surface area contributed by atoms with E-state index in [9.17, 15) is 8.78 Å². The minimum absolute atomic E-state index is 0.338. The summed E-state index contributed by atoms with van der Waals surface area (Å²) in [4.78, 5) is 0. The van der Waals surface area contributed by atoms with Crippen LogP contribution in [0.1, 0.15) is 24.6 Å². The van der Waals surface area contributed by atoms with Gasteiger partial charge in [0.25, 0.3) is 0 Å². The lowest BCUT2D eigenvalue weighted by atomic mass is 9.94. The van der Waals surface area contributed by atoms with Gasteiger partial charge in [0.05, 0.1) is 0 Å². The molecule has 2 rings (SSSR count). The van der Waals surface area contributed by atoms with E-state index >= 15 is 0 Å². The highest BCUT2D eigenvalue weighted by Crippen LogP contribution is 2.55. The van der Waals surface area contributed by atoms with Crippen molar-refractivity contribution in [3.05, 3.63) is 35.6 Å². The van der Waals surface area contributed by atoms with E-state index in [1.807, 2.05) is 0 Å². The van der Waals surface area contributed by atoms with Crippen LogP contribution < -0.4 is 5.73 Å². The Labute approximate surface area is 81.9 Å². The molecule has 1 nitrogen and oxygen atoms in total. The first kappa shape index (κ1) is 9.59. The van der Waals surface area contributed by atoms with Crippen molar-refractivity contribution in [2.75, 3.05) is 6.54 Å². The summed E-state index contributed by atoms with van der Waals surface area (Å²) in [6.07, 6.45) is 0.491. The van der Waals surface area contributed by atoms with E-state index in [-0.39, 0.29) is 0 Å². The molecule has 1 aliphatic carbocycles. The van der Waals surface area contributed by atoms with Crippen LogP contribution in [0.5, 0.6) is 0 Å². The molecule has 0 aliphatic heterocycles. The van der Waals surface area contributed by atoms with E-state index in [0.29, 0.717) is 12.1 Å². The normalized spacial score (nSPS) is 20.5. The largest absolute Gasteiger partial charge is 0.330 e. The Morgan fingerprint density at radius 2 is 2.14 bits per heavy atom. The van der Waals surface area contributed by atoms with Crippen LogP contribution in [0.2, 0.25) is 0 Å². The number of hydrogen-bond donors (Lipinski definition) is 1. The molecule has 1 atom stereocenters. The minimum Gasteiger partial charge on any atom is -0.330 e. The van der Waals surface area contributed by atoms with Gasteiger partial charge >= 0.3 is 0 Å². The van der Waals surface area contributed by atoms with Crippen LogP contribution in [0.25, 0.3) is 0 Å². The number of nitrogens with two attached hydrogens (primary N) is 1. The van der Waals surface area contributed by atoms with E-state index in [2.05, 4.69) is 0 Å². The van der Waals surface area contributed by atoms with E-state index in [4.69, 9.17) is 5.73 Å². The van der Waals surface area contributed by atoms with Crippen LogP contribution in [0.3, 0.4) is 0 Å². The first-order chi connectivity index (χ1) is 6.68. The van der Waals surface area contributed by atoms with Gasteiger partial charge in [-0.2, -0.15) is 0 Å². The molecule has 0 heterocycles. The minimum atomic E-state index is -1.12. The predicted molar refractivity (Wildman–Crippen MR) is 51.0 cm³/mol. The van der Waals surface area contributed by atoms with Crippen molar-refractivity contribution in [2.24, 2.45) is 11.1 Å². The van der Waals surface area contributed by atoms with Crippen molar-refractivity contribution in [3.8, 4) is 0 Å². The Balaban J connectivity index is 2.23. The lowest BCUT2D eigenvalue weighted by Crippen LogP contribution is -2.21. The Morgan fingerprint density at radius 1 is 1.43 bits per heavy atom. The van der Waals surface area contributed by atoms with E-state index < -0.39 is 17.4 Å². The summed E-state index contributed by atoms with van der Waals surface area (Å²) in [5.74, 6) is -0.391. The number of alkyl halides is 1. The van der Waals surface area contributed by atoms with Crippen molar-refractivity contribution in [1.82, 2.24) is 0 Å². The Kier molecular flexibility index (Phi) is 2.27. The van der Waals surface area contributed by atoms with Crippen molar-refractivity contribution >= 4 is 0 Å². The molecule has 1 saturated carbocycles. The second-order valence-corrected chi connectivity index (χ2v) is 3.98. The van der Waals surface area contributed by atoms with E-state index in [1.54, 1.807) is 6.07 Å². The molecule has 0 aromatic heterocycles. The molecule has 0 spiro atoms. The highest BCUT2D eigenvalue weighted by Gasteiger charge is 2.49. The summed E-state index contributed by atoms with van der Waals surface area (Å²) in [7, 11) is 0. The zero-order valence-electron chi connectivity index (χ0n) is 7.84. The van der Waals surface area contributed by atoms with Gasteiger partial charge in [-0.3, -0.25) is 0 Å². The molecule has 1 unspecified atom stereocenters. The Morgan fingerprint density at radius 3 is 2.64 bits per heavy atom. The van der Waals surface area contributed by atoms with Crippen molar-refractivity contribution in [2.45, 2.75) is 19.0 Å². The summed E-state index contributed by atoms with van der Waals surface area (Å²) in [6, 6.07) is 5.71. The molecule has 76 valence electrons. The maximum Gasteiger partial charge on any atom is 0.132 e. The maximum absolute atomic E-state index is 13.9. The molecule has 0 amide bonds. The van der Waals surface area contributed by atoms with Gasteiger partial charge in [-0.25, -0.2) is 8.78 Å². The number of halogens is 2. The average Bonchev–Trinajstić information content (AvgIpc) is 2.97. The highest BCUT2D eigenvalue weighted by atomic mass is 19.1. The summed E-state index contributed by atoms with van der Waals surface area (Å²) >= 11 is 0. The smallest absolute Gasteiger partial charge is 0.132 e. The number of rotatable bonds is 3. The average molecular weight is 197 g/mol. The molecule has 3 heteroatoms. The molecule has 0 radical (unpaired) electrons. The van der Waals surface area contributed by atoms with Crippen LogP contribution >= 0.6 is 0 Å². The molecule has 0 bridgehead atoms. The summed E-state index contributed by atoms with van der Waals surface area (Å²) in [5.41, 5.74) is 5.51. The second-order valence-electron chi connectivity index (χ2n) is 3.98. The van der Waals surface area contributed by atoms with Gasteiger partial charge in [-0.05, 0) is 30.5 Å². The molecular formula is C11H13F2N. The first-order valence-corrected chi connectivity index (χ1v) is 4.77. The van der Waals surface area contributed by atoms with Crippen molar-refractivity contribution in [1.29, 1.82) is 0 Å². The SMILES string of the molecule is NCC1(C(F)c2cccc(F)c2)CC1. The third kappa shape index (κ3) is 1.52. The fraction of sp³-hybridized carbons (Fsp3) is 0.455. The van der Waals surface area contributed by atoms with Crippen LogP contribution in [-0.4, -0.2) is 6.54 Å². The van der Waals surface area contributed by atoms with Crippen LogP contribution in [0.15, 0.2) is 24.3 Å². The summed E-state index contributed by atoms with van der Waals surface area (Å²) in [6.45, 7) is 0.338. The highest BCUT2D eigenvalue weighted by molar-refractivity contribution is 5.23. The first-order valence-electron chi connectivity index (χ1n) is 4.77. The lowest BCUT2D eigenvalue weighted by molar-refractivity contribution is 0.216. The molecule has 1 aliphatic rings. The van der Waals surface area contributed by atoms with Gasteiger partial charge < -0.3 is 5.73 Å². The number of hydrogen-bond acceptors (Lipinski definition) is 1. The predicted octanol–water partition coefficient (Wildman–Crippen LogP) is 2.58. The summed E-state index contributed by atoms with van der Waals surface area (Å²) in [5, 5.41) is 0. The van der Waals surface area contributed by atoms with Crippen LogP contribution in [0, 0.1) is 11.2 Å². The van der Waals surface area contributed by atoms with E-state index in [1.165, 1.54) is 18.2 Å². The molecule has 1 aromatic rings. The van der Waals surface area contributed by atoms with Gasteiger partial charge in [0.15, 0.2) is 0 Å². The molecule has 1 aromatic carbocycles. The van der Waals surface area contributed by atoms with Crippen molar-refractivity contribution in [3.63, 3.8) is 0 Å². The van der Waals surface area contributed by atoms with Crippen LogP contribution in [-0.2, 0) is 0 Å². The zero-order valence-corrected chi connectivity index (χ0v) is 7.84. The number of benzene rings is 1. The molecule has 2 N–H and O–H groups in total. The Hall–Kier alpha value is -0.960. The van der Waals surface area contributed by atoms with Gasteiger partial charge in [-0.1, -0.05) is 12.1 Å². The topological polar surface area (TPSA) is 26.0 Å². The zero-order chi connectivity index (χ0) is 10.2. The standard InChI is InChI=1S/C11H13F2N/c12-9-3-1-2-8(6-9)10(13)11(7-14)4-5-11/h1-3,6,10H,4-5,7,14H2. The fourth-order valence-corrected chi connectivity index (χ4v) is 1.74. The second kappa shape index (κ2) is 3.31. The third-order valence-electron chi connectivity index (χ3n) is 2.98.